The SMILES string of the molecule is CC(C)CCCC(C)NC(N)=NCc1ccccc1CS(=O)(=O)NC(C)C. The first-order valence-electron chi connectivity index (χ1n) is 9.72. The third kappa shape index (κ3) is 10.3. The van der Waals surface area contributed by atoms with Crippen LogP contribution in [0.1, 0.15) is 65.0 Å². The fraction of sp³-hybridized carbons (Fsp3) is 0.650. The number of nitrogens with two attached hydrogens (primary N) is 1. The van der Waals surface area contributed by atoms with E-state index in [1.54, 1.807) is 0 Å². The van der Waals surface area contributed by atoms with E-state index < -0.39 is 10.0 Å². The van der Waals surface area contributed by atoms with E-state index in [0.717, 1.165) is 24.0 Å². The van der Waals surface area contributed by atoms with Crippen molar-refractivity contribution in [2.75, 3.05) is 0 Å². The standard InChI is InChI=1S/C20H36N4O2S/c1-15(2)9-8-10-17(5)23-20(21)22-13-18-11-6-7-12-19(18)14-27(25,26)24-16(3)4/h6-7,11-12,15-17,24H,8-10,13-14H2,1-5H3,(H3,21,22,23). The molecule has 1 aromatic rings. The maximum Gasteiger partial charge on any atom is 0.216 e. The van der Waals surface area contributed by atoms with Gasteiger partial charge in [0, 0.05) is 12.1 Å². The normalized spacial score (nSPS) is 14.0. The van der Waals surface area contributed by atoms with Crippen LogP contribution in [-0.2, 0) is 22.3 Å². The van der Waals surface area contributed by atoms with Crippen molar-refractivity contribution in [3.63, 3.8) is 0 Å². The van der Waals surface area contributed by atoms with Gasteiger partial charge in [0.15, 0.2) is 5.96 Å². The first-order chi connectivity index (χ1) is 12.6. The molecule has 1 rings (SSSR count). The molecule has 6 nitrogen and oxygen atoms in total. The van der Waals surface area contributed by atoms with E-state index >= 15 is 0 Å². The molecule has 1 aromatic carbocycles. The second kappa shape index (κ2) is 11.3. The number of sulfonamides is 1. The van der Waals surface area contributed by atoms with Gasteiger partial charge in [-0.05, 0) is 44.2 Å². The monoisotopic (exact) mass is 396 g/mol. The summed E-state index contributed by atoms with van der Waals surface area (Å²) in [5.74, 6) is 1.04. The Kier molecular flexibility index (Phi) is 9.80. The number of benzene rings is 1. The largest absolute Gasteiger partial charge is 0.370 e. The fourth-order valence-electron chi connectivity index (χ4n) is 2.83. The molecular formula is C20H36N4O2S. The average molecular weight is 397 g/mol. The van der Waals surface area contributed by atoms with Gasteiger partial charge in [-0.25, -0.2) is 18.1 Å². The average Bonchev–Trinajstić information content (AvgIpc) is 2.52. The fourth-order valence-corrected chi connectivity index (χ4v) is 4.32. The second-order valence-electron chi connectivity index (χ2n) is 7.87. The van der Waals surface area contributed by atoms with E-state index in [1.165, 1.54) is 6.42 Å². The predicted octanol–water partition coefficient (Wildman–Crippen LogP) is 3.13. The smallest absolute Gasteiger partial charge is 0.216 e. The number of hydrogen-bond donors (Lipinski definition) is 3. The van der Waals surface area contributed by atoms with E-state index in [2.05, 4.69) is 35.8 Å². The number of guanidine groups is 1. The van der Waals surface area contributed by atoms with Gasteiger partial charge in [-0.1, -0.05) is 51.0 Å². The molecule has 4 N–H and O–H groups in total. The molecule has 7 heteroatoms. The van der Waals surface area contributed by atoms with Crippen molar-refractivity contribution in [3.8, 4) is 0 Å². The Morgan fingerprint density at radius 2 is 1.70 bits per heavy atom. The maximum absolute atomic E-state index is 12.2. The topological polar surface area (TPSA) is 96.6 Å². The number of hydrogen-bond acceptors (Lipinski definition) is 3. The summed E-state index contributed by atoms with van der Waals surface area (Å²) in [6.45, 7) is 10.5. The Labute approximate surface area is 165 Å². The first-order valence-corrected chi connectivity index (χ1v) is 11.4. The van der Waals surface area contributed by atoms with Crippen LogP contribution in [0, 0.1) is 5.92 Å². The molecule has 0 saturated carbocycles. The van der Waals surface area contributed by atoms with Crippen LogP contribution in [0.4, 0.5) is 0 Å². The lowest BCUT2D eigenvalue weighted by molar-refractivity contribution is 0.493. The molecule has 0 aliphatic heterocycles. The third-order valence-corrected chi connectivity index (χ3v) is 5.63. The number of rotatable bonds is 11. The summed E-state index contributed by atoms with van der Waals surface area (Å²) in [6.07, 6.45) is 3.40. The summed E-state index contributed by atoms with van der Waals surface area (Å²) < 4.78 is 27.0. The van der Waals surface area contributed by atoms with Crippen molar-refractivity contribution < 1.29 is 8.42 Å². The molecule has 0 fully saturated rings. The molecule has 0 bridgehead atoms. The van der Waals surface area contributed by atoms with Crippen LogP contribution < -0.4 is 15.8 Å². The summed E-state index contributed by atoms with van der Waals surface area (Å²) in [4.78, 5) is 4.40. The second-order valence-corrected chi connectivity index (χ2v) is 9.63. The molecule has 27 heavy (non-hydrogen) atoms. The third-order valence-electron chi connectivity index (χ3n) is 4.11. The molecule has 1 unspecified atom stereocenters. The van der Waals surface area contributed by atoms with Crippen LogP contribution in [0.5, 0.6) is 0 Å². The minimum Gasteiger partial charge on any atom is -0.370 e. The lowest BCUT2D eigenvalue weighted by atomic mass is 10.0. The summed E-state index contributed by atoms with van der Waals surface area (Å²) in [5.41, 5.74) is 7.61. The zero-order chi connectivity index (χ0) is 20.4. The molecule has 154 valence electrons. The minimum atomic E-state index is -3.38. The highest BCUT2D eigenvalue weighted by molar-refractivity contribution is 7.88. The Bertz CT molecular complexity index is 700. The van der Waals surface area contributed by atoms with Gasteiger partial charge < -0.3 is 11.1 Å². The molecule has 0 heterocycles. The van der Waals surface area contributed by atoms with E-state index in [0.29, 0.717) is 18.4 Å². The van der Waals surface area contributed by atoms with Crippen LogP contribution in [0.3, 0.4) is 0 Å². The molecule has 0 aromatic heterocycles. The van der Waals surface area contributed by atoms with Gasteiger partial charge in [0.25, 0.3) is 0 Å². The quantitative estimate of drug-likeness (QED) is 0.395. The highest BCUT2D eigenvalue weighted by Gasteiger charge is 2.15. The van der Waals surface area contributed by atoms with E-state index in [1.807, 2.05) is 38.1 Å². The van der Waals surface area contributed by atoms with Crippen molar-refractivity contribution in [1.29, 1.82) is 0 Å². The summed E-state index contributed by atoms with van der Waals surface area (Å²) in [7, 11) is -3.38. The van der Waals surface area contributed by atoms with E-state index in [4.69, 9.17) is 5.73 Å². The van der Waals surface area contributed by atoms with Crippen LogP contribution >= 0.6 is 0 Å². The van der Waals surface area contributed by atoms with Crippen LogP contribution in [-0.4, -0.2) is 26.5 Å². The van der Waals surface area contributed by atoms with Gasteiger partial charge in [-0.2, -0.15) is 0 Å². The molecule has 0 amide bonds. The summed E-state index contributed by atoms with van der Waals surface area (Å²) in [5, 5.41) is 3.21. The lowest BCUT2D eigenvalue weighted by Crippen LogP contribution is -2.38. The van der Waals surface area contributed by atoms with Gasteiger partial charge in [0.1, 0.15) is 0 Å². The van der Waals surface area contributed by atoms with E-state index in [-0.39, 0.29) is 17.8 Å². The Balaban J connectivity index is 2.67. The van der Waals surface area contributed by atoms with Crippen molar-refractivity contribution in [2.24, 2.45) is 16.6 Å². The Morgan fingerprint density at radius 3 is 2.30 bits per heavy atom. The summed E-state index contributed by atoms with van der Waals surface area (Å²) in [6, 6.07) is 7.57. The molecule has 0 saturated heterocycles. The predicted molar refractivity (Wildman–Crippen MR) is 114 cm³/mol. The van der Waals surface area contributed by atoms with E-state index in [9.17, 15) is 8.42 Å². The highest BCUT2D eigenvalue weighted by Crippen LogP contribution is 2.14. The highest BCUT2D eigenvalue weighted by atomic mass is 32.2. The maximum atomic E-state index is 12.2. The van der Waals surface area contributed by atoms with Crippen molar-refractivity contribution in [1.82, 2.24) is 10.0 Å². The Hall–Kier alpha value is -1.60. The zero-order valence-electron chi connectivity index (χ0n) is 17.3. The number of nitrogens with one attached hydrogen (secondary N) is 2. The Morgan fingerprint density at radius 1 is 1.07 bits per heavy atom. The van der Waals surface area contributed by atoms with Gasteiger partial charge >= 0.3 is 0 Å². The lowest BCUT2D eigenvalue weighted by Gasteiger charge is -2.15. The molecule has 0 aliphatic rings. The number of aliphatic imine (C=N–C) groups is 1. The van der Waals surface area contributed by atoms with Gasteiger partial charge in [0.2, 0.25) is 10.0 Å². The zero-order valence-corrected chi connectivity index (χ0v) is 18.1. The van der Waals surface area contributed by atoms with Crippen molar-refractivity contribution >= 4 is 16.0 Å². The van der Waals surface area contributed by atoms with Crippen LogP contribution in [0.15, 0.2) is 29.3 Å². The minimum absolute atomic E-state index is 0.0597. The molecule has 0 aliphatic carbocycles. The van der Waals surface area contributed by atoms with Gasteiger partial charge in [-0.3, -0.25) is 0 Å². The summed E-state index contributed by atoms with van der Waals surface area (Å²) >= 11 is 0. The number of nitrogens with zero attached hydrogens (tertiary/aromatic N) is 1. The van der Waals surface area contributed by atoms with Crippen LogP contribution in [0.25, 0.3) is 0 Å². The van der Waals surface area contributed by atoms with Crippen molar-refractivity contribution in [2.45, 2.75) is 78.3 Å². The molecular weight excluding hydrogens is 360 g/mol. The molecule has 0 radical (unpaired) electrons. The van der Waals surface area contributed by atoms with Crippen molar-refractivity contribution in [3.05, 3.63) is 35.4 Å². The van der Waals surface area contributed by atoms with Gasteiger partial charge in [0.05, 0.1) is 12.3 Å². The first kappa shape index (κ1) is 23.4. The molecule has 1 atom stereocenters. The van der Waals surface area contributed by atoms with Gasteiger partial charge in [-0.15, -0.1) is 0 Å². The van der Waals surface area contributed by atoms with Crippen LogP contribution in [0.2, 0.25) is 0 Å². The molecule has 0 spiro atoms.